The molecule has 0 spiro atoms. The van der Waals surface area contributed by atoms with Crippen molar-refractivity contribution in [3.8, 4) is 17.0 Å². The van der Waals surface area contributed by atoms with E-state index < -0.39 is 5.82 Å². The first-order valence-electron chi connectivity index (χ1n) is 9.41. The number of carbonyl (C=O) groups excluding carboxylic acids is 1. The Hall–Kier alpha value is -3.61. The topological polar surface area (TPSA) is 79.0 Å². The van der Waals surface area contributed by atoms with Gasteiger partial charge >= 0.3 is 0 Å². The molecule has 29 heavy (non-hydrogen) atoms. The molecule has 1 amide bonds. The number of nitrogens with zero attached hydrogens (tertiary/aromatic N) is 1. The number of H-pyrrole nitrogens is 1. The second-order valence-electron chi connectivity index (χ2n) is 7.17. The minimum Gasteiger partial charge on any atom is -0.474 e. The molecule has 0 bridgehead atoms. The maximum Gasteiger partial charge on any atom is 0.256 e. The fourth-order valence-corrected chi connectivity index (χ4v) is 4.00. The Labute approximate surface area is 166 Å². The van der Waals surface area contributed by atoms with E-state index in [0.717, 1.165) is 28.1 Å². The zero-order chi connectivity index (χ0) is 20.1. The van der Waals surface area contributed by atoms with Crippen LogP contribution in [0.5, 0.6) is 5.88 Å². The van der Waals surface area contributed by atoms with E-state index in [0.29, 0.717) is 35.7 Å². The molecule has 0 fully saturated rings. The first-order chi connectivity index (χ1) is 14.0. The van der Waals surface area contributed by atoms with Crippen LogP contribution in [0.4, 0.5) is 15.8 Å². The smallest absolute Gasteiger partial charge is 0.256 e. The fraction of sp³-hybridized carbons (Fsp3) is 0.182. The number of hydrogen-bond donors (Lipinski definition) is 3. The number of anilines is 2. The lowest BCUT2D eigenvalue weighted by Crippen LogP contribution is -2.20. The van der Waals surface area contributed by atoms with Crippen molar-refractivity contribution in [2.75, 3.05) is 23.8 Å². The van der Waals surface area contributed by atoms with Gasteiger partial charge in [-0.1, -0.05) is 0 Å². The first-order valence-corrected chi connectivity index (χ1v) is 9.41. The lowest BCUT2D eigenvalue weighted by atomic mass is 9.90. The molecule has 2 aliphatic heterocycles. The number of fused-ring (bicyclic) bond motifs is 2. The third kappa shape index (κ3) is 2.69. The number of hydrogen-bond acceptors (Lipinski definition) is 4. The minimum absolute atomic E-state index is 0.221. The number of carbonyl (C=O) groups is 1. The molecule has 4 heterocycles. The molecular formula is C22H19FN4O2. The number of halogens is 1. The van der Waals surface area contributed by atoms with Crippen LogP contribution in [0.3, 0.4) is 0 Å². The molecular weight excluding hydrogens is 371 g/mol. The number of benzene rings is 1. The van der Waals surface area contributed by atoms with Gasteiger partial charge in [-0.2, -0.15) is 0 Å². The van der Waals surface area contributed by atoms with E-state index in [2.05, 4.69) is 20.6 Å². The summed E-state index contributed by atoms with van der Waals surface area (Å²) in [5.74, 6) is -0.227. The van der Waals surface area contributed by atoms with E-state index in [1.165, 1.54) is 6.07 Å². The van der Waals surface area contributed by atoms with Crippen molar-refractivity contribution in [2.45, 2.75) is 13.8 Å². The average molecular weight is 390 g/mol. The summed E-state index contributed by atoms with van der Waals surface area (Å²) in [6.07, 6.45) is 5.22. The van der Waals surface area contributed by atoms with Gasteiger partial charge in [-0.3, -0.25) is 4.79 Å². The molecule has 0 radical (unpaired) electrons. The molecule has 5 rings (SSSR count). The second-order valence-corrected chi connectivity index (χ2v) is 7.17. The quantitative estimate of drug-likeness (QED) is 0.575. The normalized spacial score (nSPS) is 16.1. The van der Waals surface area contributed by atoms with Crippen molar-refractivity contribution in [1.82, 2.24) is 9.97 Å². The lowest BCUT2D eigenvalue weighted by Gasteiger charge is -2.22. The van der Waals surface area contributed by atoms with Gasteiger partial charge in [0.15, 0.2) is 0 Å². The van der Waals surface area contributed by atoms with E-state index in [-0.39, 0.29) is 11.6 Å². The van der Waals surface area contributed by atoms with Crippen LogP contribution < -0.4 is 15.4 Å². The van der Waals surface area contributed by atoms with Crippen LogP contribution in [0.2, 0.25) is 0 Å². The number of pyridine rings is 1. The Morgan fingerprint density at radius 1 is 1.21 bits per heavy atom. The molecule has 0 saturated heterocycles. The van der Waals surface area contributed by atoms with Crippen LogP contribution in [-0.2, 0) is 4.79 Å². The van der Waals surface area contributed by atoms with E-state index >= 15 is 4.39 Å². The lowest BCUT2D eigenvalue weighted by molar-refractivity contribution is -0.110. The first kappa shape index (κ1) is 17.5. The fourth-order valence-electron chi connectivity index (χ4n) is 4.00. The zero-order valence-corrected chi connectivity index (χ0v) is 16.0. The Kier molecular flexibility index (Phi) is 3.91. The van der Waals surface area contributed by atoms with Gasteiger partial charge in [0.1, 0.15) is 18.1 Å². The molecule has 146 valence electrons. The van der Waals surface area contributed by atoms with Gasteiger partial charge in [0, 0.05) is 35.8 Å². The van der Waals surface area contributed by atoms with Crippen LogP contribution in [0.15, 0.2) is 30.6 Å². The predicted molar refractivity (Wildman–Crippen MR) is 110 cm³/mol. The van der Waals surface area contributed by atoms with Crippen molar-refractivity contribution in [1.29, 1.82) is 0 Å². The predicted octanol–water partition coefficient (Wildman–Crippen LogP) is 4.13. The largest absolute Gasteiger partial charge is 0.474 e. The van der Waals surface area contributed by atoms with Gasteiger partial charge in [-0.15, -0.1) is 0 Å². The summed E-state index contributed by atoms with van der Waals surface area (Å²) in [5, 5.41) is 5.98. The molecule has 3 N–H and O–H groups in total. The minimum atomic E-state index is -0.467. The Balaban J connectivity index is 1.71. The summed E-state index contributed by atoms with van der Waals surface area (Å²) < 4.78 is 20.6. The Morgan fingerprint density at radius 3 is 2.86 bits per heavy atom. The Bertz CT molecular complexity index is 1180. The molecule has 0 unspecified atom stereocenters. The van der Waals surface area contributed by atoms with Crippen LogP contribution in [0, 0.1) is 19.7 Å². The van der Waals surface area contributed by atoms with Crippen molar-refractivity contribution in [3.63, 3.8) is 0 Å². The highest BCUT2D eigenvalue weighted by Gasteiger charge is 2.31. The molecule has 2 aromatic heterocycles. The highest BCUT2D eigenvalue weighted by Crippen LogP contribution is 2.44. The van der Waals surface area contributed by atoms with Crippen LogP contribution >= 0.6 is 0 Å². The number of ether oxygens (including phenoxy) is 1. The van der Waals surface area contributed by atoms with Crippen molar-refractivity contribution < 1.29 is 13.9 Å². The highest BCUT2D eigenvalue weighted by atomic mass is 19.1. The van der Waals surface area contributed by atoms with E-state index in [9.17, 15) is 4.79 Å². The van der Waals surface area contributed by atoms with Crippen LogP contribution in [0.1, 0.15) is 22.4 Å². The summed E-state index contributed by atoms with van der Waals surface area (Å²) in [6, 6.07) is 5.17. The van der Waals surface area contributed by atoms with Gasteiger partial charge in [-0.05, 0) is 54.8 Å². The molecule has 0 saturated carbocycles. The van der Waals surface area contributed by atoms with Gasteiger partial charge in [-0.25, -0.2) is 9.37 Å². The Morgan fingerprint density at radius 2 is 2.07 bits per heavy atom. The molecule has 3 aromatic rings. The molecule has 2 aliphatic rings. The van der Waals surface area contributed by atoms with Crippen LogP contribution in [0.25, 0.3) is 22.8 Å². The number of aromatic nitrogens is 2. The standard InChI is InChI=1S/C22H19FN4O2/c1-11-14(16-10-26-22-19(12(16)2)25-6-7-29-22)9-17(23)20-18(11)15(21(28)27-20)8-13-4-3-5-24-13/h3-5,8-10,24-25H,6-7H2,1-2H3,(H,27,28)/b15-8-. The van der Waals surface area contributed by atoms with Crippen LogP contribution in [-0.4, -0.2) is 29.0 Å². The second kappa shape index (κ2) is 6.48. The maximum absolute atomic E-state index is 15.0. The number of amides is 1. The molecule has 0 atom stereocenters. The molecule has 0 aliphatic carbocycles. The number of rotatable bonds is 2. The summed E-state index contributed by atoms with van der Waals surface area (Å²) in [4.78, 5) is 20.0. The van der Waals surface area contributed by atoms with E-state index in [1.54, 1.807) is 18.5 Å². The van der Waals surface area contributed by atoms with E-state index in [1.807, 2.05) is 26.0 Å². The highest BCUT2D eigenvalue weighted by molar-refractivity contribution is 6.35. The average Bonchev–Trinajstić information content (AvgIpc) is 3.35. The van der Waals surface area contributed by atoms with E-state index in [4.69, 9.17) is 4.74 Å². The van der Waals surface area contributed by atoms with Gasteiger partial charge in [0.2, 0.25) is 5.88 Å². The summed E-state index contributed by atoms with van der Waals surface area (Å²) in [5.41, 5.74) is 6.11. The number of nitrogens with one attached hydrogen (secondary N) is 3. The SMILES string of the molecule is Cc1c(-c2cc(F)c3c(c2C)/C(=C/c2ccc[nH]2)C(=O)N3)cnc2c1NCCO2. The molecule has 6 nitrogen and oxygen atoms in total. The van der Waals surface area contributed by atoms with Gasteiger partial charge in [0.05, 0.1) is 11.3 Å². The zero-order valence-electron chi connectivity index (χ0n) is 16.0. The monoisotopic (exact) mass is 390 g/mol. The summed E-state index contributed by atoms with van der Waals surface area (Å²) >= 11 is 0. The summed E-state index contributed by atoms with van der Waals surface area (Å²) in [6.45, 7) is 5.12. The van der Waals surface area contributed by atoms with Crippen molar-refractivity contribution in [2.24, 2.45) is 0 Å². The van der Waals surface area contributed by atoms with Gasteiger partial charge in [0.25, 0.3) is 5.91 Å². The van der Waals surface area contributed by atoms with Gasteiger partial charge < -0.3 is 20.4 Å². The van der Waals surface area contributed by atoms with Crippen molar-refractivity contribution in [3.05, 3.63) is 58.8 Å². The maximum atomic E-state index is 15.0. The third-order valence-electron chi connectivity index (χ3n) is 5.45. The number of aromatic amines is 1. The third-order valence-corrected chi connectivity index (χ3v) is 5.45. The molecule has 7 heteroatoms. The van der Waals surface area contributed by atoms with Crippen molar-refractivity contribution >= 4 is 28.9 Å². The summed E-state index contributed by atoms with van der Waals surface area (Å²) in [7, 11) is 0. The molecule has 1 aromatic carbocycles.